The van der Waals surface area contributed by atoms with Gasteiger partial charge in [-0.3, -0.25) is 11.3 Å². The molecule has 1 aromatic heterocycles. The fourth-order valence-electron chi connectivity index (χ4n) is 2.66. The van der Waals surface area contributed by atoms with Crippen molar-refractivity contribution in [3.63, 3.8) is 0 Å². The van der Waals surface area contributed by atoms with E-state index in [0.29, 0.717) is 5.92 Å². The summed E-state index contributed by atoms with van der Waals surface area (Å²) in [4.78, 5) is 0. The van der Waals surface area contributed by atoms with Crippen molar-refractivity contribution in [3.05, 3.63) is 47.8 Å². The molecule has 1 heterocycles. The van der Waals surface area contributed by atoms with Crippen molar-refractivity contribution in [1.82, 2.24) is 20.4 Å². The number of nitrogens with one attached hydrogen (secondary N) is 1. The maximum absolute atomic E-state index is 5.82. The maximum atomic E-state index is 5.82. The minimum atomic E-state index is 0.0175. The molecule has 0 fully saturated rings. The number of hydrazine groups is 1. The van der Waals surface area contributed by atoms with Crippen molar-refractivity contribution in [2.45, 2.75) is 45.2 Å². The van der Waals surface area contributed by atoms with Crippen LogP contribution in [0.2, 0.25) is 0 Å². The van der Waals surface area contributed by atoms with Crippen molar-refractivity contribution in [2.24, 2.45) is 5.84 Å². The van der Waals surface area contributed by atoms with Crippen LogP contribution < -0.4 is 11.3 Å². The molecule has 0 amide bonds. The van der Waals surface area contributed by atoms with E-state index in [-0.39, 0.29) is 6.04 Å². The summed E-state index contributed by atoms with van der Waals surface area (Å²) in [6.45, 7) is 5.17. The molecule has 2 unspecified atom stereocenters. The number of hydrogen-bond acceptors (Lipinski definition) is 4. The molecule has 0 spiro atoms. The molecule has 0 aliphatic heterocycles. The molecule has 2 aromatic rings. The van der Waals surface area contributed by atoms with E-state index in [1.54, 1.807) is 0 Å². The lowest BCUT2D eigenvalue weighted by molar-refractivity contribution is 0.406. The van der Waals surface area contributed by atoms with Crippen molar-refractivity contribution in [1.29, 1.82) is 0 Å². The standard InChI is InChI=1S/C15H23N5/c1-3-10-20-14(11-17-19-20)15(18-16)13(4-2)12-8-6-5-7-9-12/h5-9,11,13,15,18H,3-4,10,16H2,1-2H3. The van der Waals surface area contributed by atoms with Gasteiger partial charge < -0.3 is 0 Å². The van der Waals surface area contributed by atoms with Crippen LogP contribution in [0.25, 0.3) is 0 Å². The quantitative estimate of drug-likeness (QED) is 0.600. The molecule has 2 rings (SSSR count). The zero-order valence-corrected chi connectivity index (χ0v) is 12.2. The molecular weight excluding hydrogens is 250 g/mol. The molecule has 2 atom stereocenters. The molecule has 5 nitrogen and oxygen atoms in total. The Labute approximate surface area is 120 Å². The minimum Gasteiger partial charge on any atom is -0.271 e. The van der Waals surface area contributed by atoms with E-state index in [1.807, 2.05) is 16.9 Å². The topological polar surface area (TPSA) is 68.8 Å². The van der Waals surface area contributed by atoms with Gasteiger partial charge in [-0.05, 0) is 18.4 Å². The highest BCUT2D eigenvalue weighted by molar-refractivity contribution is 5.24. The summed E-state index contributed by atoms with van der Waals surface area (Å²) < 4.78 is 1.94. The average Bonchev–Trinajstić information content (AvgIpc) is 2.94. The summed E-state index contributed by atoms with van der Waals surface area (Å²) >= 11 is 0. The second kappa shape index (κ2) is 7.17. The Morgan fingerprint density at radius 1 is 1.25 bits per heavy atom. The predicted molar refractivity (Wildman–Crippen MR) is 79.9 cm³/mol. The lowest BCUT2D eigenvalue weighted by Gasteiger charge is -2.26. The first kappa shape index (κ1) is 14.7. The predicted octanol–water partition coefficient (Wildman–Crippen LogP) is 2.39. The number of aryl methyl sites for hydroxylation is 1. The molecule has 0 aliphatic carbocycles. The number of aromatic nitrogens is 3. The van der Waals surface area contributed by atoms with Crippen LogP contribution in [0.15, 0.2) is 36.5 Å². The van der Waals surface area contributed by atoms with E-state index in [9.17, 15) is 0 Å². The summed E-state index contributed by atoms with van der Waals surface area (Å²) in [5, 5.41) is 8.19. The van der Waals surface area contributed by atoms with Crippen molar-refractivity contribution < 1.29 is 0 Å². The molecule has 5 heteroatoms. The molecule has 0 radical (unpaired) electrons. The number of benzene rings is 1. The SMILES string of the molecule is CCCn1nncc1C(NN)C(CC)c1ccccc1. The average molecular weight is 273 g/mol. The highest BCUT2D eigenvalue weighted by Crippen LogP contribution is 2.32. The summed E-state index contributed by atoms with van der Waals surface area (Å²) in [5.41, 5.74) is 5.28. The van der Waals surface area contributed by atoms with E-state index < -0.39 is 0 Å². The van der Waals surface area contributed by atoms with E-state index in [4.69, 9.17) is 5.84 Å². The van der Waals surface area contributed by atoms with Crippen LogP contribution in [0.3, 0.4) is 0 Å². The third-order valence-corrected chi connectivity index (χ3v) is 3.65. The van der Waals surface area contributed by atoms with Crippen LogP contribution in [-0.4, -0.2) is 15.0 Å². The Balaban J connectivity index is 2.32. The van der Waals surface area contributed by atoms with Crippen LogP contribution in [0, 0.1) is 0 Å². The third-order valence-electron chi connectivity index (χ3n) is 3.65. The Morgan fingerprint density at radius 2 is 2.00 bits per heavy atom. The van der Waals surface area contributed by atoms with Gasteiger partial charge in [-0.15, -0.1) is 5.10 Å². The first-order valence-electron chi connectivity index (χ1n) is 7.21. The van der Waals surface area contributed by atoms with Gasteiger partial charge in [-0.2, -0.15) is 0 Å². The number of nitrogens with zero attached hydrogens (tertiary/aromatic N) is 3. The highest BCUT2D eigenvalue weighted by atomic mass is 15.4. The molecule has 20 heavy (non-hydrogen) atoms. The van der Waals surface area contributed by atoms with Crippen LogP contribution in [0.5, 0.6) is 0 Å². The van der Waals surface area contributed by atoms with Gasteiger partial charge in [0.05, 0.1) is 17.9 Å². The van der Waals surface area contributed by atoms with Gasteiger partial charge in [0.1, 0.15) is 0 Å². The van der Waals surface area contributed by atoms with Crippen LogP contribution in [-0.2, 0) is 6.54 Å². The van der Waals surface area contributed by atoms with E-state index in [2.05, 4.69) is 53.9 Å². The second-order valence-corrected chi connectivity index (χ2v) is 4.95. The Morgan fingerprint density at radius 3 is 2.60 bits per heavy atom. The molecule has 0 aliphatic rings. The third kappa shape index (κ3) is 3.05. The maximum Gasteiger partial charge on any atom is 0.0776 e. The summed E-state index contributed by atoms with van der Waals surface area (Å²) in [5.74, 6) is 6.13. The lowest BCUT2D eigenvalue weighted by Crippen LogP contribution is -2.34. The largest absolute Gasteiger partial charge is 0.271 e. The smallest absolute Gasteiger partial charge is 0.0776 e. The fraction of sp³-hybridized carbons (Fsp3) is 0.467. The van der Waals surface area contributed by atoms with Gasteiger partial charge >= 0.3 is 0 Å². The Kier molecular flexibility index (Phi) is 5.26. The zero-order valence-electron chi connectivity index (χ0n) is 12.2. The number of hydrogen-bond donors (Lipinski definition) is 2. The van der Waals surface area contributed by atoms with E-state index in [0.717, 1.165) is 25.1 Å². The summed E-state index contributed by atoms with van der Waals surface area (Å²) in [7, 11) is 0. The highest BCUT2D eigenvalue weighted by Gasteiger charge is 2.25. The molecule has 0 saturated carbocycles. The van der Waals surface area contributed by atoms with Crippen LogP contribution >= 0.6 is 0 Å². The molecule has 3 N–H and O–H groups in total. The minimum absolute atomic E-state index is 0.0175. The number of nitrogens with two attached hydrogens (primary N) is 1. The molecule has 0 bridgehead atoms. The van der Waals surface area contributed by atoms with E-state index in [1.165, 1.54) is 5.56 Å². The second-order valence-electron chi connectivity index (χ2n) is 4.95. The Hall–Kier alpha value is -1.72. The van der Waals surface area contributed by atoms with Crippen molar-refractivity contribution >= 4 is 0 Å². The molecule has 108 valence electrons. The normalized spacial score (nSPS) is 14.2. The monoisotopic (exact) mass is 273 g/mol. The van der Waals surface area contributed by atoms with Gasteiger partial charge in [0.2, 0.25) is 0 Å². The van der Waals surface area contributed by atoms with Crippen molar-refractivity contribution in [2.75, 3.05) is 0 Å². The summed E-state index contributed by atoms with van der Waals surface area (Å²) in [6.07, 6.45) is 3.83. The van der Waals surface area contributed by atoms with Gasteiger partial charge in [0, 0.05) is 12.5 Å². The van der Waals surface area contributed by atoms with Gasteiger partial charge in [-0.25, -0.2) is 4.68 Å². The first-order valence-corrected chi connectivity index (χ1v) is 7.21. The van der Waals surface area contributed by atoms with Crippen molar-refractivity contribution in [3.8, 4) is 0 Å². The van der Waals surface area contributed by atoms with Crippen LogP contribution in [0.4, 0.5) is 0 Å². The number of rotatable bonds is 7. The lowest BCUT2D eigenvalue weighted by atomic mass is 9.88. The summed E-state index contributed by atoms with van der Waals surface area (Å²) in [6, 6.07) is 10.5. The fourth-order valence-corrected chi connectivity index (χ4v) is 2.66. The van der Waals surface area contributed by atoms with E-state index >= 15 is 0 Å². The zero-order chi connectivity index (χ0) is 14.4. The first-order chi connectivity index (χ1) is 9.81. The van der Waals surface area contributed by atoms with Gasteiger partial charge in [-0.1, -0.05) is 49.4 Å². The molecule has 0 saturated heterocycles. The van der Waals surface area contributed by atoms with Gasteiger partial charge in [0.15, 0.2) is 0 Å². The van der Waals surface area contributed by atoms with Gasteiger partial charge in [0.25, 0.3) is 0 Å². The Bertz CT molecular complexity index is 508. The molecule has 1 aromatic carbocycles. The van der Waals surface area contributed by atoms with Crippen LogP contribution in [0.1, 0.15) is 49.9 Å². The molecular formula is C15H23N5.